The van der Waals surface area contributed by atoms with Gasteiger partial charge in [-0.3, -0.25) is 0 Å². The first-order valence-corrected chi connectivity index (χ1v) is 9.15. The van der Waals surface area contributed by atoms with Gasteiger partial charge < -0.3 is 20.3 Å². The fourth-order valence-electron chi connectivity index (χ4n) is 3.03. The van der Waals surface area contributed by atoms with E-state index in [1.54, 1.807) is 7.11 Å². The number of rotatable bonds is 5. The van der Waals surface area contributed by atoms with E-state index in [9.17, 15) is 0 Å². The van der Waals surface area contributed by atoms with Gasteiger partial charge in [-0.15, -0.1) is 24.0 Å². The number of benzene rings is 2. The predicted octanol–water partition coefficient (Wildman–Crippen LogP) is 3.74. The number of guanidine groups is 1. The largest absolute Gasteiger partial charge is 0.380 e. The molecule has 2 aromatic carbocycles. The highest BCUT2D eigenvalue weighted by Crippen LogP contribution is 2.19. The molecule has 3 rings (SSSR count). The number of hydrogen-bond donors (Lipinski definition) is 1. The number of ether oxygens (including phenoxy) is 1. The van der Waals surface area contributed by atoms with E-state index in [4.69, 9.17) is 22.1 Å². The molecule has 0 radical (unpaired) electrons. The van der Waals surface area contributed by atoms with Gasteiger partial charge in [-0.1, -0.05) is 35.9 Å². The number of anilines is 1. The number of methoxy groups -OCH3 is 1. The normalized spacial score (nSPS) is 14.8. The maximum Gasteiger partial charge on any atom is 0.191 e. The summed E-state index contributed by atoms with van der Waals surface area (Å²) < 4.78 is 5.13. The first kappa shape index (κ1) is 21.8. The molecule has 146 valence electrons. The van der Waals surface area contributed by atoms with Crippen LogP contribution in [-0.4, -0.2) is 44.1 Å². The molecule has 1 heterocycles. The maximum atomic E-state index is 6.20. The highest BCUT2D eigenvalue weighted by molar-refractivity contribution is 14.0. The van der Waals surface area contributed by atoms with Gasteiger partial charge in [-0.2, -0.15) is 0 Å². The van der Waals surface area contributed by atoms with Crippen LogP contribution in [0.15, 0.2) is 53.5 Å². The third-order valence-corrected chi connectivity index (χ3v) is 4.81. The first-order chi connectivity index (χ1) is 12.7. The third-order valence-electron chi connectivity index (χ3n) is 4.55. The summed E-state index contributed by atoms with van der Waals surface area (Å²) in [5.74, 6) is 0.613. The Morgan fingerprint density at radius 1 is 1.00 bits per heavy atom. The van der Waals surface area contributed by atoms with Crippen molar-refractivity contribution >= 4 is 47.2 Å². The van der Waals surface area contributed by atoms with Crippen LogP contribution in [0, 0.1) is 0 Å². The number of piperazine rings is 1. The molecular formula is C20H26ClIN4O. The summed E-state index contributed by atoms with van der Waals surface area (Å²) in [6.07, 6.45) is 0. The van der Waals surface area contributed by atoms with E-state index >= 15 is 0 Å². The Hall–Kier alpha value is -1.51. The molecule has 0 spiro atoms. The van der Waals surface area contributed by atoms with Crippen LogP contribution in [0.5, 0.6) is 0 Å². The van der Waals surface area contributed by atoms with Crippen LogP contribution in [0.4, 0.5) is 5.69 Å². The van der Waals surface area contributed by atoms with Crippen molar-refractivity contribution < 1.29 is 4.74 Å². The quantitative estimate of drug-likeness (QED) is 0.386. The van der Waals surface area contributed by atoms with Gasteiger partial charge in [0.2, 0.25) is 0 Å². The van der Waals surface area contributed by atoms with Crippen molar-refractivity contribution in [1.82, 2.24) is 4.90 Å². The van der Waals surface area contributed by atoms with Crippen molar-refractivity contribution in [1.29, 1.82) is 0 Å². The zero-order valence-corrected chi connectivity index (χ0v) is 18.6. The molecule has 1 fully saturated rings. The van der Waals surface area contributed by atoms with E-state index in [2.05, 4.69) is 51.2 Å². The van der Waals surface area contributed by atoms with Gasteiger partial charge in [0.15, 0.2) is 5.96 Å². The molecule has 7 heteroatoms. The molecule has 0 saturated carbocycles. The van der Waals surface area contributed by atoms with Crippen LogP contribution < -0.4 is 10.6 Å². The Morgan fingerprint density at radius 3 is 2.19 bits per heavy atom. The lowest BCUT2D eigenvalue weighted by molar-refractivity contribution is 0.185. The summed E-state index contributed by atoms with van der Waals surface area (Å²) in [7, 11) is 1.70. The fraction of sp³-hybridized carbons (Fsp3) is 0.350. The molecule has 0 aromatic heterocycles. The molecule has 0 amide bonds. The van der Waals surface area contributed by atoms with Gasteiger partial charge in [0.1, 0.15) is 0 Å². The highest BCUT2D eigenvalue weighted by Gasteiger charge is 2.18. The molecule has 5 nitrogen and oxygen atoms in total. The van der Waals surface area contributed by atoms with Crippen LogP contribution >= 0.6 is 35.6 Å². The zero-order valence-electron chi connectivity index (χ0n) is 15.5. The van der Waals surface area contributed by atoms with Gasteiger partial charge in [0.05, 0.1) is 13.2 Å². The monoisotopic (exact) mass is 500 g/mol. The van der Waals surface area contributed by atoms with Crippen LogP contribution in [-0.2, 0) is 17.9 Å². The lowest BCUT2D eigenvalue weighted by atomic mass is 10.1. The van der Waals surface area contributed by atoms with E-state index in [0.29, 0.717) is 19.1 Å². The smallest absolute Gasteiger partial charge is 0.191 e. The number of hydrogen-bond acceptors (Lipinski definition) is 3. The van der Waals surface area contributed by atoms with E-state index in [0.717, 1.165) is 42.3 Å². The van der Waals surface area contributed by atoms with Crippen molar-refractivity contribution in [3.05, 3.63) is 64.7 Å². The molecule has 0 atom stereocenters. The molecular weight excluding hydrogens is 475 g/mol. The number of aliphatic imine (C=N–C) groups is 1. The minimum atomic E-state index is 0. The molecule has 0 bridgehead atoms. The zero-order chi connectivity index (χ0) is 18.4. The number of halogens is 2. The van der Waals surface area contributed by atoms with E-state index in [1.807, 2.05) is 12.1 Å². The molecule has 1 saturated heterocycles. The fourth-order valence-corrected chi connectivity index (χ4v) is 3.15. The second kappa shape index (κ2) is 10.7. The summed E-state index contributed by atoms with van der Waals surface area (Å²) in [6.45, 7) is 4.79. The average molecular weight is 501 g/mol. The lowest BCUT2D eigenvalue weighted by Gasteiger charge is -2.36. The van der Waals surface area contributed by atoms with E-state index in [-0.39, 0.29) is 24.0 Å². The molecule has 0 aliphatic carbocycles. The van der Waals surface area contributed by atoms with Crippen LogP contribution in [0.3, 0.4) is 0 Å². The Morgan fingerprint density at radius 2 is 1.59 bits per heavy atom. The van der Waals surface area contributed by atoms with Gasteiger partial charge in [-0.25, -0.2) is 4.99 Å². The standard InChI is InChI=1S/C20H25ClN4O.HI/c1-26-15-17-4-2-16(3-5-17)14-23-20(22)25-12-10-24(11-13-25)19-8-6-18(21)7-9-19;/h2-9H,10-15H2,1H3,(H2,22,23);1H. The maximum absolute atomic E-state index is 6.20. The van der Waals surface area contributed by atoms with E-state index in [1.165, 1.54) is 5.69 Å². The SMILES string of the molecule is COCc1ccc(CN=C(N)N2CCN(c3ccc(Cl)cc3)CC2)cc1.I. The van der Waals surface area contributed by atoms with Crippen molar-refractivity contribution in [2.75, 3.05) is 38.2 Å². The van der Waals surface area contributed by atoms with Crippen molar-refractivity contribution in [3.8, 4) is 0 Å². The topological polar surface area (TPSA) is 54.1 Å². The Labute approximate surface area is 183 Å². The van der Waals surface area contributed by atoms with Crippen molar-refractivity contribution in [2.45, 2.75) is 13.2 Å². The lowest BCUT2D eigenvalue weighted by Crippen LogP contribution is -2.51. The summed E-state index contributed by atoms with van der Waals surface area (Å²) in [5.41, 5.74) is 9.70. The van der Waals surface area contributed by atoms with Gasteiger partial charge in [0.25, 0.3) is 0 Å². The molecule has 1 aliphatic heterocycles. The van der Waals surface area contributed by atoms with Crippen LogP contribution in [0.1, 0.15) is 11.1 Å². The van der Waals surface area contributed by atoms with Crippen LogP contribution in [0.2, 0.25) is 5.02 Å². The second-order valence-electron chi connectivity index (χ2n) is 6.37. The first-order valence-electron chi connectivity index (χ1n) is 8.78. The summed E-state index contributed by atoms with van der Waals surface area (Å²) in [6, 6.07) is 16.2. The van der Waals surface area contributed by atoms with Crippen LogP contribution in [0.25, 0.3) is 0 Å². The molecule has 2 aromatic rings. The number of nitrogens with zero attached hydrogens (tertiary/aromatic N) is 3. The summed E-state index contributed by atoms with van der Waals surface area (Å²) in [5, 5.41) is 0.763. The van der Waals surface area contributed by atoms with Crippen molar-refractivity contribution in [2.24, 2.45) is 10.7 Å². The number of nitrogens with two attached hydrogens (primary N) is 1. The summed E-state index contributed by atoms with van der Waals surface area (Å²) >= 11 is 5.96. The molecule has 2 N–H and O–H groups in total. The molecule has 0 unspecified atom stereocenters. The highest BCUT2D eigenvalue weighted by atomic mass is 127. The Bertz CT molecular complexity index is 729. The Balaban J connectivity index is 0.00000261. The second-order valence-corrected chi connectivity index (χ2v) is 6.81. The third kappa shape index (κ3) is 6.26. The minimum Gasteiger partial charge on any atom is -0.380 e. The summed E-state index contributed by atoms with van der Waals surface area (Å²) in [4.78, 5) is 9.04. The average Bonchev–Trinajstić information content (AvgIpc) is 2.68. The molecule has 1 aliphatic rings. The van der Waals surface area contributed by atoms with E-state index < -0.39 is 0 Å². The van der Waals surface area contributed by atoms with Gasteiger partial charge in [0, 0.05) is 44.0 Å². The van der Waals surface area contributed by atoms with Crippen molar-refractivity contribution in [3.63, 3.8) is 0 Å². The minimum absolute atomic E-state index is 0. The van der Waals surface area contributed by atoms with Gasteiger partial charge in [-0.05, 0) is 35.4 Å². The van der Waals surface area contributed by atoms with Gasteiger partial charge >= 0.3 is 0 Å². The molecule has 27 heavy (non-hydrogen) atoms. The Kier molecular flexibility index (Phi) is 8.66. The predicted molar refractivity (Wildman–Crippen MR) is 123 cm³/mol.